The fraction of sp³-hybridized carbons (Fsp3) is 0.750. The molecule has 21 heavy (non-hydrogen) atoms. The van der Waals surface area contributed by atoms with Crippen LogP contribution in [-0.2, 0) is 11.3 Å². The van der Waals surface area contributed by atoms with Crippen molar-refractivity contribution in [2.75, 3.05) is 33.9 Å². The van der Waals surface area contributed by atoms with E-state index in [1.54, 1.807) is 6.20 Å². The molecule has 0 amide bonds. The first kappa shape index (κ1) is 18.4. The summed E-state index contributed by atoms with van der Waals surface area (Å²) in [5.41, 5.74) is 3.58. The molecular weight excluding hydrogens is 348 g/mol. The van der Waals surface area contributed by atoms with Gasteiger partial charge in [-0.25, -0.2) is 8.78 Å². The van der Waals surface area contributed by atoms with E-state index in [-0.39, 0.29) is 12.6 Å². The first-order chi connectivity index (χ1) is 9.95. The zero-order chi connectivity index (χ0) is 15.8. The summed E-state index contributed by atoms with van der Waals surface area (Å²) in [5, 5.41) is 4.30. The molecule has 0 aliphatic rings. The number of hydrogen-bond acceptors (Lipinski definition) is 5. The third-order valence-corrected chi connectivity index (χ3v) is 3.53. The number of hydrogen-bond donors (Lipinski definition) is 2. The maximum Gasteiger partial charge on any atom is 0.261 e. The number of nitrogens with one attached hydrogen (secondary N) is 1. The van der Waals surface area contributed by atoms with E-state index in [2.05, 4.69) is 31.4 Å². The van der Waals surface area contributed by atoms with Crippen molar-refractivity contribution in [3.05, 3.63) is 16.4 Å². The number of hydrazine groups is 1. The average Bonchev–Trinajstić information content (AvgIpc) is 2.78. The minimum atomic E-state index is -2.45. The van der Waals surface area contributed by atoms with Crippen molar-refractivity contribution in [1.82, 2.24) is 20.1 Å². The van der Waals surface area contributed by atoms with E-state index < -0.39 is 13.0 Å². The lowest BCUT2D eigenvalue weighted by molar-refractivity contribution is 0.0141. The molecule has 0 radical (unpaired) electrons. The van der Waals surface area contributed by atoms with Crippen molar-refractivity contribution in [3.8, 4) is 0 Å². The standard InChI is InChI=1S/C12H22BrF2N5O/c1-19(2)4-5-20-12(9(13)7-17-20)10(18-16)3-6-21-8-11(14)15/h7,10-11,18H,3-6,8,16H2,1-2H3. The predicted octanol–water partition coefficient (Wildman–Crippen LogP) is 1.38. The SMILES string of the molecule is CN(C)CCn1ncc(Br)c1C(CCOCC(F)F)NN. The van der Waals surface area contributed by atoms with Crippen molar-refractivity contribution in [1.29, 1.82) is 0 Å². The number of ether oxygens (including phenoxy) is 1. The van der Waals surface area contributed by atoms with Gasteiger partial charge in [-0.1, -0.05) is 0 Å². The van der Waals surface area contributed by atoms with Crippen LogP contribution in [0.25, 0.3) is 0 Å². The molecule has 0 saturated carbocycles. The molecule has 0 aromatic carbocycles. The lowest BCUT2D eigenvalue weighted by Gasteiger charge is -2.19. The van der Waals surface area contributed by atoms with Gasteiger partial charge in [0.1, 0.15) is 6.61 Å². The van der Waals surface area contributed by atoms with Gasteiger partial charge in [0.15, 0.2) is 0 Å². The van der Waals surface area contributed by atoms with Gasteiger partial charge in [0, 0.05) is 13.2 Å². The maximum absolute atomic E-state index is 12.0. The maximum atomic E-state index is 12.0. The number of aromatic nitrogens is 2. The van der Waals surface area contributed by atoms with E-state index in [0.29, 0.717) is 13.0 Å². The van der Waals surface area contributed by atoms with Crippen molar-refractivity contribution in [2.45, 2.75) is 25.4 Å². The van der Waals surface area contributed by atoms with Crippen molar-refractivity contribution in [2.24, 2.45) is 5.84 Å². The summed E-state index contributed by atoms with van der Waals surface area (Å²) in [7, 11) is 3.96. The van der Waals surface area contributed by atoms with Crippen LogP contribution in [0.1, 0.15) is 18.2 Å². The summed E-state index contributed by atoms with van der Waals surface area (Å²) >= 11 is 3.44. The highest BCUT2D eigenvalue weighted by molar-refractivity contribution is 9.10. The number of halogens is 3. The van der Waals surface area contributed by atoms with Gasteiger partial charge < -0.3 is 9.64 Å². The molecule has 0 fully saturated rings. The van der Waals surface area contributed by atoms with Gasteiger partial charge in [0.2, 0.25) is 0 Å². The second kappa shape index (κ2) is 9.42. The minimum Gasteiger partial charge on any atom is -0.375 e. The molecule has 122 valence electrons. The van der Waals surface area contributed by atoms with Crippen LogP contribution in [0.15, 0.2) is 10.7 Å². The van der Waals surface area contributed by atoms with E-state index >= 15 is 0 Å². The molecule has 1 aromatic rings. The molecule has 9 heteroatoms. The van der Waals surface area contributed by atoms with E-state index in [1.165, 1.54) is 0 Å². The van der Waals surface area contributed by atoms with Crippen molar-refractivity contribution >= 4 is 15.9 Å². The molecule has 1 atom stereocenters. The molecule has 1 rings (SSSR count). The summed E-state index contributed by atoms with van der Waals surface area (Å²) in [6, 6.07) is -0.221. The topological polar surface area (TPSA) is 68.3 Å². The predicted molar refractivity (Wildman–Crippen MR) is 80.0 cm³/mol. The van der Waals surface area contributed by atoms with E-state index in [9.17, 15) is 8.78 Å². The smallest absolute Gasteiger partial charge is 0.261 e. The van der Waals surface area contributed by atoms with Gasteiger partial charge >= 0.3 is 0 Å². The van der Waals surface area contributed by atoms with Gasteiger partial charge in [-0.15, -0.1) is 0 Å². The van der Waals surface area contributed by atoms with Crippen LogP contribution >= 0.6 is 15.9 Å². The summed E-state index contributed by atoms with van der Waals surface area (Å²) < 4.78 is 31.6. The number of nitrogens with zero attached hydrogens (tertiary/aromatic N) is 3. The van der Waals surface area contributed by atoms with Crippen LogP contribution in [0.5, 0.6) is 0 Å². The van der Waals surface area contributed by atoms with E-state index in [4.69, 9.17) is 10.6 Å². The first-order valence-electron chi connectivity index (χ1n) is 6.63. The Morgan fingerprint density at radius 1 is 1.52 bits per heavy atom. The van der Waals surface area contributed by atoms with Gasteiger partial charge in [-0.05, 0) is 36.4 Å². The first-order valence-corrected chi connectivity index (χ1v) is 7.43. The minimum absolute atomic E-state index is 0.199. The van der Waals surface area contributed by atoms with Gasteiger partial charge in [-0.3, -0.25) is 16.0 Å². The summed E-state index contributed by atoms with van der Waals surface area (Å²) in [6.45, 7) is 1.19. The van der Waals surface area contributed by atoms with Gasteiger partial charge in [0.05, 0.1) is 29.0 Å². The molecule has 0 bridgehead atoms. The molecule has 3 N–H and O–H groups in total. The van der Waals surface area contributed by atoms with Gasteiger partial charge in [0.25, 0.3) is 6.43 Å². The quantitative estimate of drug-likeness (QED) is 0.370. The zero-order valence-corrected chi connectivity index (χ0v) is 13.8. The Bertz CT molecular complexity index is 416. The van der Waals surface area contributed by atoms with Crippen LogP contribution in [0.4, 0.5) is 8.78 Å². The lowest BCUT2D eigenvalue weighted by Crippen LogP contribution is -2.32. The molecular formula is C12H22BrF2N5O. The fourth-order valence-electron chi connectivity index (χ4n) is 1.86. The normalized spacial score (nSPS) is 13.3. The molecule has 0 saturated heterocycles. The van der Waals surface area contributed by atoms with Gasteiger partial charge in [-0.2, -0.15) is 5.10 Å². The zero-order valence-electron chi connectivity index (χ0n) is 12.2. The van der Waals surface area contributed by atoms with Crippen LogP contribution < -0.4 is 11.3 Å². The van der Waals surface area contributed by atoms with Crippen LogP contribution in [0.3, 0.4) is 0 Å². The number of rotatable bonds is 10. The highest BCUT2D eigenvalue weighted by Gasteiger charge is 2.19. The average molecular weight is 370 g/mol. The summed E-state index contributed by atoms with van der Waals surface area (Å²) in [6.07, 6.45) is -0.267. The van der Waals surface area contributed by atoms with Crippen molar-refractivity contribution < 1.29 is 13.5 Å². The fourth-order valence-corrected chi connectivity index (χ4v) is 2.44. The number of alkyl halides is 2. The molecule has 0 aliphatic heterocycles. The molecule has 0 spiro atoms. The lowest BCUT2D eigenvalue weighted by atomic mass is 10.1. The summed E-state index contributed by atoms with van der Waals surface area (Å²) in [4.78, 5) is 2.05. The molecule has 1 aromatic heterocycles. The Labute approximate surface area is 131 Å². The Kier molecular flexibility index (Phi) is 8.27. The molecule has 0 aliphatic carbocycles. The summed E-state index contributed by atoms with van der Waals surface area (Å²) in [5.74, 6) is 5.57. The third kappa shape index (κ3) is 6.35. The Hall–Kier alpha value is -0.610. The monoisotopic (exact) mass is 369 g/mol. The van der Waals surface area contributed by atoms with Crippen LogP contribution in [0, 0.1) is 0 Å². The van der Waals surface area contributed by atoms with E-state index in [1.807, 2.05) is 18.8 Å². The van der Waals surface area contributed by atoms with E-state index in [0.717, 1.165) is 16.7 Å². The Balaban J connectivity index is 2.64. The largest absolute Gasteiger partial charge is 0.375 e. The molecule has 1 unspecified atom stereocenters. The molecule has 1 heterocycles. The second-order valence-electron chi connectivity index (χ2n) is 4.88. The Morgan fingerprint density at radius 2 is 2.24 bits per heavy atom. The van der Waals surface area contributed by atoms with Crippen LogP contribution in [-0.4, -0.2) is 55.0 Å². The third-order valence-electron chi connectivity index (χ3n) is 2.92. The molecule has 6 nitrogen and oxygen atoms in total. The number of nitrogens with two attached hydrogens (primary N) is 1. The highest BCUT2D eigenvalue weighted by Crippen LogP contribution is 2.25. The van der Waals surface area contributed by atoms with Crippen LogP contribution in [0.2, 0.25) is 0 Å². The highest BCUT2D eigenvalue weighted by atomic mass is 79.9. The van der Waals surface area contributed by atoms with Crippen molar-refractivity contribution in [3.63, 3.8) is 0 Å². The second-order valence-corrected chi connectivity index (χ2v) is 5.73. The number of likely N-dealkylation sites (N-methyl/N-ethyl adjacent to an activating group) is 1. The Morgan fingerprint density at radius 3 is 2.81 bits per heavy atom.